The van der Waals surface area contributed by atoms with Gasteiger partial charge in [-0.05, 0) is 37.5 Å². The van der Waals surface area contributed by atoms with Crippen molar-refractivity contribution >= 4 is 5.78 Å². The molecule has 0 amide bonds. The fraction of sp³-hybridized carbons (Fsp3) is 0.500. The Bertz CT molecular complexity index is 386. The third-order valence-electron chi connectivity index (χ3n) is 2.49. The molecule has 0 unspecified atom stereocenters. The molecule has 0 aliphatic rings. The number of carbonyl (C=O) groups excluding carboxylic acids is 1. The van der Waals surface area contributed by atoms with E-state index < -0.39 is 0 Å². The average Bonchev–Trinajstić information content (AvgIpc) is 2.16. The van der Waals surface area contributed by atoms with Crippen LogP contribution in [0.3, 0.4) is 0 Å². The highest BCUT2D eigenvalue weighted by molar-refractivity contribution is 5.94. The van der Waals surface area contributed by atoms with Crippen LogP contribution in [0.1, 0.15) is 50.5 Å². The van der Waals surface area contributed by atoms with Crippen LogP contribution in [0.15, 0.2) is 18.2 Å². The van der Waals surface area contributed by atoms with Gasteiger partial charge >= 0.3 is 0 Å². The van der Waals surface area contributed by atoms with Gasteiger partial charge in [0.05, 0.1) is 6.61 Å². The first-order valence-electron chi connectivity index (χ1n) is 5.64. The van der Waals surface area contributed by atoms with Crippen molar-refractivity contribution in [2.24, 2.45) is 0 Å². The molecule has 0 fully saturated rings. The molecule has 1 aromatic rings. The summed E-state index contributed by atoms with van der Waals surface area (Å²) >= 11 is 0. The lowest BCUT2D eigenvalue weighted by Crippen LogP contribution is -2.14. The average molecular weight is 220 g/mol. The van der Waals surface area contributed by atoms with Crippen molar-refractivity contribution < 1.29 is 9.53 Å². The maximum atomic E-state index is 11.4. The van der Waals surface area contributed by atoms with E-state index in [0.717, 1.165) is 16.9 Å². The minimum absolute atomic E-state index is 0.0179. The number of Topliss-reactive ketones (excluding diaryl/α,β-unsaturated/α-hetero) is 1. The largest absolute Gasteiger partial charge is 0.494 e. The Hall–Kier alpha value is -1.31. The lowest BCUT2D eigenvalue weighted by Gasteiger charge is -2.23. The molecule has 0 saturated heterocycles. The monoisotopic (exact) mass is 220 g/mol. The summed E-state index contributed by atoms with van der Waals surface area (Å²) in [7, 11) is 0. The van der Waals surface area contributed by atoms with Gasteiger partial charge in [-0.2, -0.15) is 0 Å². The SMILES string of the molecule is CCOc1ccc(C(C)=O)cc1C(C)(C)C. The number of carbonyl (C=O) groups is 1. The van der Waals surface area contributed by atoms with E-state index in [-0.39, 0.29) is 11.2 Å². The Labute approximate surface area is 97.6 Å². The lowest BCUT2D eigenvalue weighted by atomic mass is 9.85. The summed E-state index contributed by atoms with van der Waals surface area (Å²) in [6, 6.07) is 5.65. The molecule has 0 aliphatic heterocycles. The molecule has 0 atom stereocenters. The smallest absolute Gasteiger partial charge is 0.159 e. The molecule has 0 spiro atoms. The van der Waals surface area contributed by atoms with Gasteiger partial charge in [0.25, 0.3) is 0 Å². The first-order valence-corrected chi connectivity index (χ1v) is 5.64. The van der Waals surface area contributed by atoms with Crippen molar-refractivity contribution in [1.29, 1.82) is 0 Å². The topological polar surface area (TPSA) is 26.3 Å². The van der Waals surface area contributed by atoms with E-state index in [4.69, 9.17) is 4.74 Å². The second-order valence-corrected chi connectivity index (χ2v) is 4.95. The highest BCUT2D eigenvalue weighted by atomic mass is 16.5. The number of hydrogen-bond donors (Lipinski definition) is 0. The maximum Gasteiger partial charge on any atom is 0.159 e. The molecule has 0 radical (unpaired) electrons. The highest BCUT2D eigenvalue weighted by Gasteiger charge is 2.20. The Morgan fingerprint density at radius 3 is 2.38 bits per heavy atom. The summed E-state index contributed by atoms with van der Waals surface area (Å²) in [4.78, 5) is 11.4. The van der Waals surface area contributed by atoms with Crippen LogP contribution in [-0.4, -0.2) is 12.4 Å². The molecular weight excluding hydrogens is 200 g/mol. The number of ether oxygens (including phenoxy) is 1. The summed E-state index contributed by atoms with van der Waals surface area (Å²) in [6.07, 6.45) is 0. The van der Waals surface area contributed by atoms with Crippen molar-refractivity contribution in [3.8, 4) is 5.75 Å². The van der Waals surface area contributed by atoms with Crippen LogP contribution in [0.5, 0.6) is 5.75 Å². The second-order valence-electron chi connectivity index (χ2n) is 4.95. The van der Waals surface area contributed by atoms with Gasteiger partial charge in [-0.15, -0.1) is 0 Å². The molecule has 0 aromatic heterocycles. The summed E-state index contributed by atoms with van der Waals surface area (Å²) in [6.45, 7) is 10.5. The molecule has 2 nitrogen and oxygen atoms in total. The van der Waals surface area contributed by atoms with Gasteiger partial charge in [0.1, 0.15) is 5.75 Å². The molecule has 0 N–H and O–H groups in total. The molecular formula is C14H20O2. The van der Waals surface area contributed by atoms with Gasteiger partial charge in [0, 0.05) is 11.1 Å². The third-order valence-corrected chi connectivity index (χ3v) is 2.49. The van der Waals surface area contributed by atoms with Crippen molar-refractivity contribution in [3.05, 3.63) is 29.3 Å². The van der Waals surface area contributed by atoms with Crippen LogP contribution < -0.4 is 4.74 Å². The molecule has 88 valence electrons. The van der Waals surface area contributed by atoms with E-state index >= 15 is 0 Å². The predicted octanol–water partition coefficient (Wildman–Crippen LogP) is 3.59. The zero-order valence-electron chi connectivity index (χ0n) is 10.8. The minimum Gasteiger partial charge on any atom is -0.494 e. The van der Waals surface area contributed by atoms with Crippen molar-refractivity contribution in [1.82, 2.24) is 0 Å². The zero-order valence-corrected chi connectivity index (χ0v) is 10.8. The predicted molar refractivity (Wildman–Crippen MR) is 66.3 cm³/mol. The number of ketones is 1. The van der Waals surface area contributed by atoms with Crippen LogP contribution >= 0.6 is 0 Å². The van der Waals surface area contributed by atoms with Crippen LogP contribution in [0, 0.1) is 0 Å². The number of benzene rings is 1. The molecule has 0 bridgehead atoms. The molecule has 16 heavy (non-hydrogen) atoms. The van der Waals surface area contributed by atoms with Gasteiger partial charge in [-0.25, -0.2) is 0 Å². The van der Waals surface area contributed by atoms with Crippen molar-refractivity contribution in [2.75, 3.05) is 6.61 Å². The molecule has 1 aromatic carbocycles. The normalized spacial score (nSPS) is 11.3. The fourth-order valence-corrected chi connectivity index (χ4v) is 1.62. The summed E-state index contributed by atoms with van der Waals surface area (Å²) in [5.74, 6) is 0.966. The molecule has 1 rings (SSSR count). The van der Waals surface area contributed by atoms with Gasteiger partial charge in [-0.3, -0.25) is 4.79 Å². The van der Waals surface area contributed by atoms with E-state index in [1.807, 2.05) is 25.1 Å². The van der Waals surface area contributed by atoms with E-state index in [1.54, 1.807) is 6.92 Å². The Kier molecular flexibility index (Phi) is 3.74. The van der Waals surface area contributed by atoms with Gasteiger partial charge in [-0.1, -0.05) is 20.8 Å². The van der Waals surface area contributed by atoms with Gasteiger partial charge in [0.15, 0.2) is 5.78 Å². The zero-order chi connectivity index (χ0) is 12.3. The highest BCUT2D eigenvalue weighted by Crippen LogP contribution is 2.32. The lowest BCUT2D eigenvalue weighted by molar-refractivity contribution is 0.101. The summed E-state index contributed by atoms with van der Waals surface area (Å²) in [5.41, 5.74) is 1.81. The quantitative estimate of drug-likeness (QED) is 0.728. The number of rotatable bonds is 3. The summed E-state index contributed by atoms with van der Waals surface area (Å²) < 4.78 is 5.59. The molecule has 0 saturated carbocycles. The van der Waals surface area contributed by atoms with Crippen LogP contribution in [-0.2, 0) is 5.41 Å². The standard InChI is InChI=1S/C14H20O2/c1-6-16-13-8-7-11(10(2)15)9-12(13)14(3,4)5/h7-9H,6H2,1-5H3. The van der Waals surface area contributed by atoms with E-state index in [2.05, 4.69) is 20.8 Å². The third kappa shape index (κ3) is 2.84. The van der Waals surface area contributed by atoms with E-state index in [1.165, 1.54) is 0 Å². The Morgan fingerprint density at radius 2 is 1.94 bits per heavy atom. The maximum absolute atomic E-state index is 11.4. The van der Waals surface area contributed by atoms with Gasteiger partial charge in [0.2, 0.25) is 0 Å². The van der Waals surface area contributed by atoms with Crippen molar-refractivity contribution in [2.45, 2.75) is 40.0 Å². The minimum atomic E-state index is -0.0179. The first-order chi connectivity index (χ1) is 7.36. The van der Waals surface area contributed by atoms with Gasteiger partial charge < -0.3 is 4.74 Å². The second kappa shape index (κ2) is 4.69. The van der Waals surface area contributed by atoms with Crippen LogP contribution in [0.25, 0.3) is 0 Å². The van der Waals surface area contributed by atoms with Crippen LogP contribution in [0.2, 0.25) is 0 Å². The molecule has 0 aliphatic carbocycles. The molecule has 0 heterocycles. The van der Waals surface area contributed by atoms with Crippen LogP contribution in [0.4, 0.5) is 0 Å². The van der Waals surface area contributed by atoms with Crippen molar-refractivity contribution in [3.63, 3.8) is 0 Å². The molecule has 2 heteroatoms. The fourth-order valence-electron chi connectivity index (χ4n) is 1.62. The Morgan fingerprint density at radius 1 is 1.31 bits per heavy atom. The van der Waals surface area contributed by atoms with E-state index in [9.17, 15) is 4.79 Å². The Balaban J connectivity index is 3.27. The van der Waals surface area contributed by atoms with E-state index in [0.29, 0.717) is 6.61 Å². The summed E-state index contributed by atoms with van der Waals surface area (Å²) in [5, 5.41) is 0. The first kappa shape index (κ1) is 12.8. The number of hydrogen-bond acceptors (Lipinski definition) is 2.